The van der Waals surface area contributed by atoms with Crippen LogP contribution < -0.4 is 4.74 Å². The normalized spacial score (nSPS) is 10.8. The highest BCUT2D eigenvalue weighted by Crippen LogP contribution is 2.26. The monoisotopic (exact) mass is 342 g/mol. The summed E-state index contributed by atoms with van der Waals surface area (Å²) in [7, 11) is 1.65. The summed E-state index contributed by atoms with van der Waals surface area (Å²) in [6.45, 7) is 0.158. The van der Waals surface area contributed by atoms with Crippen LogP contribution in [-0.2, 0) is 6.42 Å². The van der Waals surface area contributed by atoms with Crippen molar-refractivity contribution in [3.8, 4) is 22.7 Å². The molecule has 1 aromatic heterocycles. The van der Waals surface area contributed by atoms with Crippen molar-refractivity contribution in [1.82, 2.24) is 9.78 Å². The second-order valence-corrected chi connectivity index (χ2v) is 5.90. The topological polar surface area (TPSA) is 47.3 Å². The first-order valence-electron chi connectivity index (χ1n) is 7.81. The van der Waals surface area contributed by atoms with Gasteiger partial charge in [-0.15, -0.1) is 0 Å². The number of aliphatic hydroxyl groups is 1. The number of aliphatic hydroxyl groups excluding tert-OH is 1. The van der Waals surface area contributed by atoms with Gasteiger partial charge in [0.05, 0.1) is 24.2 Å². The van der Waals surface area contributed by atoms with Gasteiger partial charge in [-0.25, -0.2) is 4.68 Å². The van der Waals surface area contributed by atoms with Gasteiger partial charge < -0.3 is 9.84 Å². The smallest absolute Gasteiger partial charge is 0.119 e. The van der Waals surface area contributed by atoms with Crippen molar-refractivity contribution in [2.24, 2.45) is 0 Å². The van der Waals surface area contributed by atoms with E-state index >= 15 is 0 Å². The lowest BCUT2D eigenvalue weighted by molar-refractivity contribution is 0.288. The Balaban J connectivity index is 2.04. The van der Waals surface area contributed by atoms with Gasteiger partial charge in [-0.3, -0.25) is 0 Å². The van der Waals surface area contributed by atoms with Crippen LogP contribution in [0.15, 0.2) is 54.6 Å². The summed E-state index contributed by atoms with van der Waals surface area (Å²) < 4.78 is 7.13. The minimum atomic E-state index is 0.158. The number of benzene rings is 2. The number of halogens is 1. The highest BCUT2D eigenvalue weighted by molar-refractivity contribution is 6.30. The van der Waals surface area contributed by atoms with Crippen LogP contribution in [0, 0.1) is 0 Å². The van der Waals surface area contributed by atoms with Gasteiger partial charge in [0.25, 0.3) is 0 Å². The Morgan fingerprint density at radius 2 is 1.79 bits per heavy atom. The summed E-state index contributed by atoms with van der Waals surface area (Å²) in [6.07, 6.45) is 1.43. The Morgan fingerprint density at radius 1 is 1.08 bits per heavy atom. The molecule has 1 N–H and O–H groups in total. The molecule has 0 aliphatic carbocycles. The molecule has 0 radical (unpaired) electrons. The zero-order chi connectivity index (χ0) is 16.9. The lowest BCUT2D eigenvalue weighted by atomic mass is 10.1. The maximum absolute atomic E-state index is 9.06. The molecule has 0 saturated carbocycles. The van der Waals surface area contributed by atoms with Crippen LogP contribution in [-0.4, -0.2) is 28.6 Å². The van der Waals surface area contributed by atoms with Gasteiger partial charge in [0, 0.05) is 17.2 Å². The standard InChI is InChI=1S/C19H19ClN2O2/c1-24-18-10-8-17(9-11-18)22-19(13-16(21-22)3-2-12-23)14-4-6-15(20)7-5-14/h4-11,13,23H,2-3,12H2,1H3. The number of hydrogen-bond acceptors (Lipinski definition) is 3. The van der Waals surface area contributed by atoms with Crippen LogP contribution in [0.2, 0.25) is 5.02 Å². The van der Waals surface area contributed by atoms with Crippen molar-refractivity contribution in [2.45, 2.75) is 12.8 Å². The van der Waals surface area contributed by atoms with Gasteiger partial charge in [0.2, 0.25) is 0 Å². The van der Waals surface area contributed by atoms with E-state index < -0.39 is 0 Å². The third-order valence-electron chi connectivity index (χ3n) is 3.81. The van der Waals surface area contributed by atoms with E-state index in [4.69, 9.17) is 26.5 Å². The van der Waals surface area contributed by atoms with Crippen LogP contribution >= 0.6 is 11.6 Å². The minimum absolute atomic E-state index is 0.158. The molecule has 0 saturated heterocycles. The first kappa shape index (κ1) is 16.6. The van der Waals surface area contributed by atoms with Crippen LogP contribution in [0.25, 0.3) is 16.9 Å². The zero-order valence-corrected chi connectivity index (χ0v) is 14.2. The summed E-state index contributed by atoms with van der Waals surface area (Å²) in [6, 6.07) is 17.5. The Morgan fingerprint density at radius 3 is 2.42 bits per heavy atom. The lowest BCUT2D eigenvalue weighted by Gasteiger charge is -2.08. The Bertz CT molecular complexity index is 795. The summed E-state index contributed by atoms with van der Waals surface area (Å²) in [5, 5.41) is 14.5. The molecule has 4 nitrogen and oxygen atoms in total. The molecule has 0 atom stereocenters. The van der Waals surface area contributed by atoms with Crippen LogP contribution in [0.1, 0.15) is 12.1 Å². The van der Waals surface area contributed by atoms with Crippen molar-refractivity contribution < 1.29 is 9.84 Å². The lowest BCUT2D eigenvalue weighted by Crippen LogP contribution is -2.00. The predicted octanol–water partition coefficient (Wildman–Crippen LogP) is 4.13. The molecule has 0 aliphatic rings. The number of ether oxygens (including phenoxy) is 1. The molecule has 0 amide bonds. The quantitative estimate of drug-likeness (QED) is 0.732. The molecule has 0 fully saturated rings. The van der Waals surface area contributed by atoms with Gasteiger partial charge in [-0.1, -0.05) is 23.7 Å². The van der Waals surface area contributed by atoms with Crippen LogP contribution in [0.5, 0.6) is 5.75 Å². The summed E-state index contributed by atoms with van der Waals surface area (Å²) in [4.78, 5) is 0. The van der Waals surface area contributed by atoms with Crippen molar-refractivity contribution >= 4 is 11.6 Å². The van der Waals surface area contributed by atoms with Gasteiger partial charge in [-0.2, -0.15) is 5.10 Å². The highest BCUT2D eigenvalue weighted by Gasteiger charge is 2.12. The minimum Gasteiger partial charge on any atom is -0.497 e. The molecular weight excluding hydrogens is 324 g/mol. The van der Waals surface area contributed by atoms with E-state index in [0.717, 1.165) is 34.8 Å². The third kappa shape index (κ3) is 3.61. The number of nitrogens with zero attached hydrogens (tertiary/aromatic N) is 2. The fraction of sp³-hybridized carbons (Fsp3) is 0.211. The van der Waals surface area contributed by atoms with E-state index in [-0.39, 0.29) is 6.61 Å². The summed E-state index contributed by atoms with van der Waals surface area (Å²) in [5.74, 6) is 0.805. The molecule has 2 aromatic carbocycles. The fourth-order valence-corrected chi connectivity index (χ4v) is 2.68. The van der Waals surface area contributed by atoms with Crippen molar-refractivity contribution in [2.75, 3.05) is 13.7 Å². The van der Waals surface area contributed by atoms with Crippen LogP contribution in [0.4, 0.5) is 0 Å². The number of methoxy groups -OCH3 is 1. The van der Waals surface area contributed by atoms with Crippen molar-refractivity contribution in [3.63, 3.8) is 0 Å². The van der Waals surface area contributed by atoms with E-state index in [1.165, 1.54) is 0 Å². The second-order valence-electron chi connectivity index (χ2n) is 5.46. The first-order chi connectivity index (χ1) is 11.7. The van der Waals surface area contributed by atoms with Gasteiger partial charge >= 0.3 is 0 Å². The maximum Gasteiger partial charge on any atom is 0.119 e. The molecular formula is C19H19ClN2O2. The number of aromatic nitrogens is 2. The average molecular weight is 343 g/mol. The van der Waals surface area contributed by atoms with E-state index in [0.29, 0.717) is 11.4 Å². The van der Waals surface area contributed by atoms with E-state index in [1.54, 1.807) is 7.11 Å². The molecule has 0 spiro atoms. The molecule has 3 rings (SSSR count). The average Bonchev–Trinajstić information content (AvgIpc) is 3.05. The molecule has 0 bridgehead atoms. The molecule has 5 heteroatoms. The van der Waals surface area contributed by atoms with E-state index in [1.807, 2.05) is 53.2 Å². The first-order valence-corrected chi connectivity index (χ1v) is 8.19. The predicted molar refractivity (Wildman–Crippen MR) is 96.0 cm³/mol. The molecule has 24 heavy (non-hydrogen) atoms. The fourth-order valence-electron chi connectivity index (χ4n) is 2.56. The van der Waals surface area contributed by atoms with Crippen LogP contribution in [0.3, 0.4) is 0 Å². The van der Waals surface area contributed by atoms with E-state index in [9.17, 15) is 0 Å². The van der Waals surface area contributed by atoms with Crippen molar-refractivity contribution in [3.05, 3.63) is 65.3 Å². The second kappa shape index (κ2) is 7.51. The van der Waals surface area contributed by atoms with Gasteiger partial charge in [-0.05, 0) is 55.3 Å². The number of aryl methyl sites for hydroxylation is 1. The zero-order valence-electron chi connectivity index (χ0n) is 13.4. The Kier molecular flexibility index (Phi) is 5.18. The molecule has 0 aliphatic heterocycles. The molecule has 124 valence electrons. The largest absolute Gasteiger partial charge is 0.497 e. The summed E-state index contributed by atoms with van der Waals surface area (Å²) >= 11 is 6.00. The number of hydrogen-bond donors (Lipinski definition) is 1. The van der Waals surface area contributed by atoms with Gasteiger partial charge in [0.15, 0.2) is 0 Å². The van der Waals surface area contributed by atoms with E-state index in [2.05, 4.69) is 6.07 Å². The number of rotatable bonds is 6. The summed E-state index contributed by atoms with van der Waals surface area (Å²) in [5.41, 5.74) is 3.93. The highest BCUT2D eigenvalue weighted by atomic mass is 35.5. The maximum atomic E-state index is 9.06. The third-order valence-corrected chi connectivity index (χ3v) is 4.06. The molecule has 3 aromatic rings. The Hall–Kier alpha value is -2.30. The SMILES string of the molecule is COc1ccc(-n2nc(CCCO)cc2-c2ccc(Cl)cc2)cc1. The molecule has 1 heterocycles. The van der Waals surface area contributed by atoms with Gasteiger partial charge in [0.1, 0.15) is 5.75 Å². The Labute approximate surface area is 146 Å². The van der Waals surface area contributed by atoms with Crippen molar-refractivity contribution in [1.29, 1.82) is 0 Å². The molecule has 0 unspecified atom stereocenters.